The third-order valence-corrected chi connectivity index (χ3v) is 8.06. The summed E-state index contributed by atoms with van der Waals surface area (Å²) >= 11 is 0. The Hall–Kier alpha value is -1.10. The highest BCUT2D eigenvalue weighted by Crippen LogP contribution is 2.67. The molecule has 4 aliphatic rings. The summed E-state index contributed by atoms with van der Waals surface area (Å²) in [5.74, 6) is 2.22. The van der Waals surface area contributed by atoms with Crippen LogP contribution in [0.5, 0.6) is 5.75 Å². The number of benzene rings is 1. The van der Waals surface area contributed by atoms with Gasteiger partial charge in [-0.05, 0) is 60.3 Å². The van der Waals surface area contributed by atoms with E-state index in [2.05, 4.69) is 26.0 Å². The van der Waals surface area contributed by atoms with E-state index in [0.29, 0.717) is 31.0 Å². The molecule has 1 N–H and O–H groups in total. The van der Waals surface area contributed by atoms with Crippen LogP contribution >= 0.6 is 0 Å². The first-order chi connectivity index (χ1) is 12.5. The van der Waals surface area contributed by atoms with Gasteiger partial charge in [0.2, 0.25) is 0 Å². The molecular weight excluding hydrogens is 328 g/mol. The highest BCUT2D eigenvalue weighted by atomic mass is 16.7. The van der Waals surface area contributed by atoms with Crippen LogP contribution in [0.15, 0.2) is 18.2 Å². The quantitative estimate of drug-likeness (QED) is 0.835. The second-order valence-electron chi connectivity index (χ2n) is 9.13. The van der Waals surface area contributed by atoms with Gasteiger partial charge in [-0.2, -0.15) is 0 Å². The molecule has 1 saturated heterocycles. The SMILES string of the molecule is COc1ccc2c(c1)C[C@@H](C)[C@@H]1[C@@H]2[C@@H](O)C[C@@]2(C)[C@H]1CCC21OCCO1. The molecule has 1 aromatic rings. The highest BCUT2D eigenvalue weighted by Gasteiger charge is 2.67. The van der Waals surface area contributed by atoms with Crippen LogP contribution in [-0.2, 0) is 15.9 Å². The van der Waals surface area contributed by atoms with E-state index in [9.17, 15) is 5.11 Å². The summed E-state index contributed by atoms with van der Waals surface area (Å²) in [7, 11) is 1.72. The fraction of sp³-hybridized carbons (Fsp3) is 0.727. The minimum atomic E-state index is -0.469. The molecular formula is C22H30O4. The van der Waals surface area contributed by atoms with Gasteiger partial charge in [0.25, 0.3) is 0 Å². The Morgan fingerprint density at radius 2 is 2.00 bits per heavy atom. The number of rotatable bonds is 1. The zero-order chi connectivity index (χ0) is 18.1. The van der Waals surface area contributed by atoms with Gasteiger partial charge in [-0.25, -0.2) is 0 Å². The third-order valence-electron chi connectivity index (χ3n) is 8.06. The van der Waals surface area contributed by atoms with Crippen LogP contribution < -0.4 is 4.74 Å². The van der Waals surface area contributed by atoms with E-state index in [1.54, 1.807) is 7.11 Å². The molecule has 2 saturated carbocycles. The van der Waals surface area contributed by atoms with Crippen molar-refractivity contribution >= 4 is 0 Å². The molecule has 26 heavy (non-hydrogen) atoms. The predicted molar refractivity (Wildman–Crippen MR) is 98.2 cm³/mol. The second-order valence-corrected chi connectivity index (χ2v) is 9.13. The Bertz CT molecular complexity index is 710. The van der Waals surface area contributed by atoms with Crippen molar-refractivity contribution in [1.82, 2.24) is 0 Å². The molecule has 3 aliphatic carbocycles. The normalized spacial score (nSPS) is 43.0. The summed E-state index contributed by atoms with van der Waals surface area (Å²) < 4.78 is 17.8. The van der Waals surface area contributed by atoms with Gasteiger partial charge in [0.05, 0.1) is 26.4 Å². The van der Waals surface area contributed by atoms with E-state index in [1.165, 1.54) is 11.1 Å². The van der Waals surface area contributed by atoms with Crippen LogP contribution in [0.4, 0.5) is 0 Å². The maximum atomic E-state index is 11.3. The molecule has 1 spiro atoms. The molecule has 1 heterocycles. The molecule has 0 bridgehead atoms. The van der Waals surface area contributed by atoms with Gasteiger partial charge >= 0.3 is 0 Å². The minimum absolute atomic E-state index is 0.0949. The molecule has 5 rings (SSSR count). The Kier molecular flexibility index (Phi) is 3.73. The number of aliphatic hydroxyl groups excluding tert-OH is 1. The molecule has 1 aliphatic heterocycles. The van der Waals surface area contributed by atoms with Crippen molar-refractivity contribution in [3.63, 3.8) is 0 Å². The van der Waals surface area contributed by atoms with E-state index in [4.69, 9.17) is 14.2 Å². The van der Waals surface area contributed by atoms with Crippen LogP contribution in [-0.4, -0.2) is 37.3 Å². The van der Waals surface area contributed by atoms with Crippen molar-refractivity contribution in [2.45, 2.75) is 57.3 Å². The van der Waals surface area contributed by atoms with E-state index < -0.39 is 5.79 Å². The highest BCUT2D eigenvalue weighted by molar-refractivity contribution is 5.42. The monoisotopic (exact) mass is 358 g/mol. The van der Waals surface area contributed by atoms with Gasteiger partial charge < -0.3 is 19.3 Å². The maximum Gasteiger partial charge on any atom is 0.174 e. The first kappa shape index (κ1) is 17.0. The van der Waals surface area contributed by atoms with Gasteiger partial charge in [0.15, 0.2) is 5.79 Å². The first-order valence-electron chi connectivity index (χ1n) is 10.1. The first-order valence-corrected chi connectivity index (χ1v) is 10.1. The standard InChI is InChI=1S/C22H30O4/c1-13-10-14-11-15(24-3)4-5-16(14)20-18(23)12-21(2)17(19(13)20)6-7-22(21)25-8-9-26-22/h4-5,11,13,17-20,23H,6-10,12H2,1-3H3/t13-,17+,18+,19+,20+,21+/m1/s1. The summed E-state index contributed by atoms with van der Waals surface area (Å²) in [6, 6.07) is 6.41. The summed E-state index contributed by atoms with van der Waals surface area (Å²) in [6.07, 6.45) is 3.57. The smallest absolute Gasteiger partial charge is 0.174 e. The van der Waals surface area contributed by atoms with Crippen molar-refractivity contribution in [2.75, 3.05) is 20.3 Å². The molecule has 3 fully saturated rings. The number of methoxy groups -OCH3 is 1. The Balaban J connectivity index is 1.57. The van der Waals surface area contributed by atoms with Gasteiger partial charge in [-0.1, -0.05) is 19.9 Å². The lowest BCUT2D eigenvalue weighted by molar-refractivity contribution is -0.248. The molecule has 0 aromatic heterocycles. The molecule has 0 radical (unpaired) electrons. The number of hydrogen-bond donors (Lipinski definition) is 1. The molecule has 6 atom stereocenters. The summed E-state index contributed by atoms with van der Waals surface area (Å²) in [5.41, 5.74) is 2.59. The second kappa shape index (κ2) is 5.70. The minimum Gasteiger partial charge on any atom is -0.497 e. The lowest BCUT2D eigenvalue weighted by atomic mass is 9.51. The number of ether oxygens (including phenoxy) is 3. The largest absolute Gasteiger partial charge is 0.497 e. The van der Waals surface area contributed by atoms with Gasteiger partial charge in [0, 0.05) is 17.8 Å². The van der Waals surface area contributed by atoms with E-state index >= 15 is 0 Å². The van der Waals surface area contributed by atoms with Crippen molar-refractivity contribution in [2.24, 2.45) is 23.2 Å². The van der Waals surface area contributed by atoms with Crippen LogP contribution in [0.3, 0.4) is 0 Å². The summed E-state index contributed by atoms with van der Waals surface area (Å²) in [4.78, 5) is 0. The number of aliphatic hydroxyl groups is 1. The Morgan fingerprint density at radius 3 is 2.73 bits per heavy atom. The Morgan fingerprint density at radius 1 is 1.23 bits per heavy atom. The molecule has 1 aromatic carbocycles. The fourth-order valence-electron chi connectivity index (χ4n) is 7.01. The number of fused-ring (bicyclic) bond motifs is 6. The summed E-state index contributed by atoms with van der Waals surface area (Å²) in [5, 5.41) is 11.3. The average Bonchev–Trinajstić information content (AvgIpc) is 3.21. The van der Waals surface area contributed by atoms with Gasteiger partial charge in [0.1, 0.15) is 5.75 Å². The lowest BCUT2D eigenvalue weighted by Gasteiger charge is -2.56. The van der Waals surface area contributed by atoms with Crippen LogP contribution in [0.1, 0.15) is 50.2 Å². The van der Waals surface area contributed by atoms with Crippen molar-refractivity contribution in [3.8, 4) is 5.75 Å². The van der Waals surface area contributed by atoms with E-state index in [-0.39, 0.29) is 17.4 Å². The summed E-state index contributed by atoms with van der Waals surface area (Å²) in [6.45, 7) is 6.04. The van der Waals surface area contributed by atoms with Gasteiger partial charge in [-0.15, -0.1) is 0 Å². The molecule has 0 unspecified atom stereocenters. The van der Waals surface area contributed by atoms with Crippen LogP contribution in [0, 0.1) is 23.2 Å². The van der Waals surface area contributed by atoms with E-state index in [0.717, 1.165) is 31.4 Å². The fourth-order valence-corrected chi connectivity index (χ4v) is 7.01. The van der Waals surface area contributed by atoms with E-state index in [1.807, 2.05) is 6.07 Å². The molecule has 4 nitrogen and oxygen atoms in total. The maximum absolute atomic E-state index is 11.3. The molecule has 4 heteroatoms. The third kappa shape index (κ3) is 2.07. The Labute approximate surface area is 155 Å². The van der Waals surface area contributed by atoms with Crippen molar-refractivity contribution < 1.29 is 19.3 Å². The average molecular weight is 358 g/mol. The zero-order valence-corrected chi connectivity index (χ0v) is 16.0. The topological polar surface area (TPSA) is 47.9 Å². The van der Waals surface area contributed by atoms with Crippen LogP contribution in [0.25, 0.3) is 0 Å². The zero-order valence-electron chi connectivity index (χ0n) is 16.0. The van der Waals surface area contributed by atoms with Crippen molar-refractivity contribution in [3.05, 3.63) is 29.3 Å². The van der Waals surface area contributed by atoms with Crippen molar-refractivity contribution in [1.29, 1.82) is 0 Å². The molecule has 0 amide bonds. The van der Waals surface area contributed by atoms with Gasteiger partial charge in [-0.3, -0.25) is 0 Å². The number of hydrogen-bond acceptors (Lipinski definition) is 4. The predicted octanol–water partition coefficient (Wildman–Crippen LogP) is 3.51. The molecule has 142 valence electrons. The lowest BCUT2D eigenvalue weighted by Crippen LogP contribution is -2.56. The van der Waals surface area contributed by atoms with Crippen LogP contribution in [0.2, 0.25) is 0 Å².